The first-order valence-electron chi connectivity index (χ1n) is 23.1. The molecule has 3 aliphatic rings. The van der Waals surface area contributed by atoms with Crippen LogP contribution in [0.2, 0.25) is 0 Å². The van der Waals surface area contributed by atoms with E-state index in [4.69, 9.17) is 40.7 Å². The summed E-state index contributed by atoms with van der Waals surface area (Å²) in [6.07, 6.45) is 0.857. The molecule has 0 saturated carbocycles. The van der Waals surface area contributed by atoms with Crippen LogP contribution in [0.1, 0.15) is 179 Å². The van der Waals surface area contributed by atoms with Gasteiger partial charge in [-0.25, -0.2) is 0 Å². The van der Waals surface area contributed by atoms with E-state index in [-0.39, 0.29) is 44.3 Å². The second-order valence-electron chi connectivity index (χ2n) is 24.1. The Kier molecular flexibility index (Phi) is 15.5. The van der Waals surface area contributed by atoms with E-state index >= 15 is 0 Å². The van der Waals surface area contributed by atoms with Crippen LogP contribution in [0, 0.1) is 37.0 Å². The van der Waals surface area contributed by atoms with Crippen molar-refractivity contribution >= 4 is 25.8 Å². The number of benzene rings is 3. The topological polar surface area (TPSA) is 83.1 Å². The van der Waals surface area contributed by atoms with Crippen LogP contribution in [0.15, 0.2) is 36.4 Å². The van der Waals surface area contributed by atoms with Crippen molar-refractivity contribution in [1.82, 2.24) is 0 Å². The first kappa shape index (κ1) is 51.5. The zero-order valence-electron chi connectivity index (χ0n) is 42.6. The molecule has 356 valence electrons. The lowest BCUT2D eigenvalue weighted by Gasteiger charge is -2.35. The van der Waals surface area contributed by atoms with Gasteiger partial charge in [0.2, 0.25) is 0 Å². The second kappa shape index (κ2) is 19.2. The second-order valence-corrected chi connectivity index (χ2v) is 27.6. The standard InChI is InChI=1S/C52H79O9P3/c1-33(37-24-41(47(5,6)7)44(21-34(37)2)59-62-53-27-50(14,15)28-54-62)20-40(38-25-42(48(8,9)10)45(22-35(38)3)60-63-55-29-51(16,17)30-56-63)39-26-43(49(11,12)13)46(23-36(39)4)61-64-57-31-52(18,19)32-58-64/h21-26,33,40H,20,27-32H2,1-19H3. The average Bonchev–Trinajstić information content (AvgIpc) is 3.15. The van der Waals surface area contributed by atoms with Gasteiger partial charge in [0, 0.05) is 38.9 Å². The number of aryl methyl sites for hydroxylation is 3. The van der Waals surface area contributed by atoms with E-state index < -0.39 is 25.8 Å². The highest BCUT2D eigenvalue weighted by Crippen LogP contribution is 2.54. The molecule has 3 fully saturated rings. The Labute approximate surface area is 390 Å². The van der Waals surface area contributed by atoms with E-state index in [0.717, 1.165) is 51.5 Å². The van der Waals surface area contributed by atoms with Gasteiger partial charge in [0.1, 0.15) is 17.2 Å². The Balaban J connectivity index is 1.45. The summed E-state index contributed by atoms with van der Waals surface area (Å²) in [7, 11) is -4.53. The Morgan fingerprint density at radius 1 is 0.453 bits per heavy atom. The Morgan fingerprint density at radius 2 is 0.703 bits per heavy atom. The third-order valence-electron chi connectivity index (χ3n) is 12.3. The molecular formula is C52H79O9P3. The molecule has 0 aliphatic carbocycles. The molecule has 3 aliphatic heterocycles. The molecule has 64 heavy (non-hydrogen) atoms. The van der Waals surface area contributed by atoms with Gasteiger partial charge in [-0.3, -0.25) is 0 Å². The summed E-state index contributed by atoms with van der Waals surface area (Å²) in [6, 6.07) is 13.8. The SMILES string of the molecule is Cc1cc(OP2OCC(C)(C)CO2)c(C(C)(C)C)cc1C(C)CC(c1cc(C(C)(C)C)c(OP2OCC(C)(C)CO2)cc1C)c1cc(C(C)(C)C)c(OP2OCC(C)(C)CO2)cc1C. The molecule has 9 nitrogen and oxygen atoms in total. The Bertz CT molecular complexity index is 2000. The molecule has 3 aromatic carbocycles. The summed E-state index contributed by atoms with van der Waals surface area (Å²) >= 11 is 0. The predicted octanol–water partition coefficient (Wildman–Crippen LogP) is 15.9. The van der Waals surface area contributed by atoms with E-state index in [1.807, 2.05) is 0 Å². The van der Waals surface area contributed by atoms with Gasteiger partial charge < -0.3 is 40.7 Å². The molecule has 0 radical (unpaired) electrons. The van der Waals surface area contributed by atoms with Crippen molar-refractivity contribution in [2.75, 3.05) is 39.6 Å². The molecule has 3 saturated heterocycles. The fourth-order valence-electron chi connectivity index (χ4n) is 8.26. The van der Waals surface area contributed by atoms with Crippen LogP contribution >= 0.6 is 25.8 Å². The molecule has 0 amide bonds. The van der Waals surface area contributed by atoms with Crippen LogP contribution in [0.25, 0.3) is 0 Å². The number of hydrogen-bond donors (Lipinski definition) is 0. The summed E-state index contributed by atoms with van der Waals surface area (Å²) in [4.78, 5) is 0. The highest BCUT2D eigenvalue weighted by atomic mass is 31.2. The van der Waals surface area contributed by atoms with E-state index in [0.29, 0.717) is 39.6 Å². The predicted molar refractivity (Wildman–Crippen MR) is 264 cm³/mol. The molecule has 3 heterocycles. The highest BCUT2D eigenvalue weighted by Gasteiger charge is 2.37. The molecule has 0 spiro atoms. The highest BCUT2D eigenvalue weighted by molar-refractivity contribution is 7.42. The van der Waals surface area contributed by atoms with Crippen molar-refractivity contribution < 1.29 is 40.7 Å². The Morgan fingerprint density at radius 3 is 0.969 bits per heavy atom. The fourth-order valence-corrected chi connectivity index (χ4v) is 12.5. The van der Waals surface area contributed by atoms with Crippen LogP contribution in [0.3, 0.4) is 0 Å². The van der Waals surface area contributed by atoms with Crippen LogP contribution in [-0.2, 0) is 43.4 Å². The first-order valence-corrected chi connectivity index (χ1v) is 26.4. The van der Waals surface area contributed by atoms with Crippen molar-refractivity contribution in [3.63, 3.8) is 0 Å². The molecule has 1 unspecified atom stereocenters. The van der Waals surface area contributed by atoms with Gasteiger partial charge in [0.05, 0.1) is 39.6 Å². The van der Waals surface area contributed by atoms with Gasteiger partial charge in [-0.15, -0.1) is 0 Å². The maximum absolute atomic E-state index is 6.66. The van der Waals surface area contributed by atoms with Gasteiger partial charge in [-0.1, -0.05) is 129 Å². The number of rotatable bonds is 11. The monoisotopic (exact) mass is 940 g/mol. The van der Waals surface area contributed by atoms with Crippen LogP contribution < -0.4 is 13.6 Å². The molecule has 0 N–H and O–H groups in total. The summed E-state index contributed by atoms with van der Waals surface area (Å²) in [5, 5.41) is 0. The van der Waals surface area contributed by atoms with Gasteiger partial charge in [0.15, 0.2) is 0 Å². The smallest absolute Gasteiger partial charge is 0.397 e. The summed E-state index contributed by atoms with van der Waals surface area (Å²) in [5.74, 6) is 2.66. The van der Waals surface area contributed by atoms with Crippen molar-refractivity contribution in [2.24, 2.45) is 16.2 Å². The largest absolute Gasteiger partial charge is 0.426 e. The molecule has 12 heteroatoms. The lowest BCUT2D eigenvalue weighted by atomic mass is 9.74. The molecule has 6 rings (SSSR count). The van der Waals surface area contributed by atoms with Gasteiger partial charge in [0.25, 0.3) is 0 Å². The lowest BCUT2D eigenvalue weighted by Crippen LogP contribution is -2.29. The van der Waals surface area contributed by atoms with Crippen molar-refractivity contribution in [3.8, 4) is 17.2 Å². The zero-order chi connectivity index (χ0) is 47.4. The van der Waals surface area contributed by atoms with Crippen LogP contribution in [0.4, 0.5) is 0 Å². The van der Waals surface area contributed by atoms with Gasteiger partial charge in [-0.05, 0) is 101 Å². The van der Waals surface area contributed by atoms with Gasteiger partial charge >= 0.3 is 25.8 Å². The molecule has 1 atom stereocenters. The Hall–Kier alpha value is -1.89. The van der Waals surface area contributed by atoms with E-state index in [1.165, 1.54) is 22.3 Å². The zero-order valence-corrected chi connectivity index (χ0v) is 45.3. The minimum atomic E-state index is -1.52. The maximum atomic E-state index is 6.66. The minimum Gasteiger partial charge on any atom is -0.426 e. The number of hydrogen-bond acceptors (Lipinski definition) is 9. The molecular weight excluding hydrogens is 861 g/mol. The van der Waals surface area contributed by atoms with E-state index in [2.05, 4.69) is 168 Å². The summed E-state index contributed by atoms with van der Waals surface area (Å²) in [5.41, 5.74) is 9.99. The third-order valence-corrected chi connectivity index (χ3v) is 15.4. The van der Waals surface area contributed by atoms with Crippen molar-refractivity contribution in [1.29, 1.82) is 0 Å². The van der Waals surface area contributed by atoms with Crippen molar-refractivity contribution in [3.05, 3.63) is 86.5 Å². The van der Waals surface area contributed by atoms with Crippen molar-refractivity contribution in [2.45, 2.75) is 166 Å². The maximum Gasteiger partial charge on any atom is 0.397 e. The summed E-state index contributed by atoms with van der Waals surface area (Å²) in [6.45, 7) is 45.8. The normalized spacial score (nSPS) is 20.6. The molecule has 0 bridgehead atoms. The third kappa shape index (κ3) is 12.8. The molecule has 3 aromatic rings. The first-order chi connectivity index (χ1) is 29.4. The van der Waals surface area contributed by atoms with Crippen LogP contribution in [0.5, 0.6) is 17.2 Å². The fraction of sp³-hybridized carbons (Fsp3) is 0.654. The summed E-state index contributed by atoms with van der Waals surface area (Å²) < 4.78 is 56.8. The van der Waals surface area contributed by atoms with E-state index in [9.17, 15) is 0 Å². The average molecular weight is 941 g/mol. The minimum absolute atomic E-state index is 0.0203. The van der Waals surface area contributed by atoms with Crippen LogP contribution in [-0.4, -0.2) is 39.6 Å². The van der Waals surface area contributed by atoms with E-state index in [1.54, 1.807) is 0 Å². The lowest BCUT2D eigenvalue weighted by molar-refractivity contribution is 0.0423. The quantitative estimate of drug-likeness (QED) is 0.175. The van der Waals surface area contributed by atoms with Gasteiger partial charge in [-0.2, -0.15) is 0 Å². The molecule has 0 aromatic heterocycles.